The summed E-state index contributed by atoms with van der Waals surface area (Å²) in [6.45, 7) is 0. The summed E-state index contributed by atoms with van der Waals surface area (Å²) in [6, 6.07) is -0.732. The van der Waals surface area contributed by atoms with Gasteiger partial charge in [-0.05, 0) is 6.42 Å². The van der Waals surface area contributed by atoms with E-state index in [1.807, 2.05) is 0 Å². The minimum absolute atomic E-state index is 0.182. The van der Waals surface area contributed by atoms with Gasteiger partial charge in [-0.3, -0.25) is 5.10 Å². The maximum Gasteiger partial charge on any atom is 0.389 e. The summed E-state index contributed by atoms with van der Waals surface area (Å²) in [5.41, 5.74) is 5.41. The second kappa shape index (κ2) is 3.73. The molecule has 0 aliphatic carbocycles. The van der Waals surface area contributed by atoms with Gasteiger partial charge >= 0.3 is 6.18 Å². The number of H-pyrrole nitrogens is 1. The van der Waals surface area contributed by atoms with Crippen LogP contribution in [0.4, 0.5) is 13.2 Å². The number of aromatic amines is 1. The lowest BCUT2D eigenvalue weighted by Gasteiger charge is -2.09. The SMILES string of the molecule is NC(CCC(F)(F)F)c1ncn[nH]1. The van der Waals surface area contributed by atoms with Crippen LogP contribution in [0.1, 0.15) is 24.7 Å². The Morgan fingerprint density at radius 1 is 1.54 bits per heavy atom. The molecule has 1 atom stereocenters. The molecule has 0 aromatic carbocycles. The Labute approximate surface area is 72.3 Å². The Balaban J connectivity index is 2.39. The Morgan fingerprint density at radius 2 is 2.23 bits per heavy atom. The summed E-state index contributed by atoms with van der Waals surface area (Å²) < 4.78 is 35.3. The first-order valence-corrected chi connectivity index (χ1v) is 3.66. The average molecular weight is 194 g/mol. The summed E-state index contributed by atoms with van der Waals surface area (Å²) in [5.74, 6) is 0.282. The molecule has 0 aliphatic rings. The number of nitrogens with two attached hydrogens (primary N) is 1. The number of hydrogen-bond donors (Lipinski definition) is 2. The van der Waals surface area contributed by atoms with E-state index in [-0.39, 0.29) is 12.2 Å². The second-order valence-electron chi connectivity index (χ2n) is 2.63. The summed E-state index contributed by atoms with van der Waals surface area (Å²) in [6.07, 6.45) is -4.05. The van der Waals surface area contributed by atoms with E-state index in [0.717, 1.165) is 0 Å². The molecule has 0 aliphatic heterocycles. The third kappa shape index (κ3) is 3.41. The monoisotopic (exact) mass is 194 g/mol. The number of nitrogens with zero attached hydrogens (tertiary/aromatic N) is 2. The Kier molecular flexibility index (Phi) is 2.86. The van der Waals surface area contributed by atoms with E-state index in [9.17, 15) is 13.2 Å². The number of nitrogens with one attached hydrogen (secondary N) is 1. The topological polar surface area (TPSA) is 67.6 Å². The molecule has 1 heterocycles. The lowest BCUT2D eigenvalue weighted by molar-refractivity contribution is -0.136. The zero-order chi connectivity index (χ0) is 9.90. The van der Waals surface area contributed by atoms with Crippen molar-refractivity contribution < 1.29 is 13.2 Å². The van der Waals surface area contributed by atoms with Gasteiger partial charge in [-0.25, -0.2) is 4.98 Å². The minimum Gasteiger partial charge on any atom is -0.321 e. The standard InChI is InChI=1S/C6H9F3N4/c7-6(8,9)2-1-4(10)5-11-3-12-13-5/h3-4H,1-2,10H2,(H,11,12,13). The van der Waals surface area contributed by atoms with E-state index in [2.05, 4.69) is 15.2 Å². The van der Waals surface area contributed by atoms with Gasteiger partial charge in [-0.15, -0.1) is 0 Å². The third-order valence-electron chi connectivity index (χ3n) is 1.52. The zero-order valence-corrected chi connectivity index (χ0v) is 6.67. The molecular weight excluding hydrogens is 185 g/mol. The smallest absolute Gasteiger partial charge is 0.321 e. The molecule has 0 saturated heterocycles. The van der Waals surface area contributed by atoms with Gasteiger partial charge in [-0.2, -0.15) is 18.3 Å². The van der Waals surface area contributed by atoms with E-state index in [1.165, 1.54) is 6.33 Å². The minimum atomic E-state index is -4.17. The molecule has 0 saturated carbocycles. The summed E-state index contributed by atoms with van der Waals surface area (Å²) >= 11 is 0. The van der Waals surface area contributed by atoms with Crippen molar-refractivity contribution in [2.24, 2.45) is 5.73 Å². The molecule has 13 heavy (non-hydrogen) atoms. The van der Waals surface area contributed by atoms with Crippen molar-refractivity contribution in [3.05, 3.63) is 12.2 Å². The zero-order valence-electron chi connectivity index (χ0n) is 6.67. The molecule has 0 fully saturated rings. The highest BCUT2D eigenvalue weighted by molar-refractivity contribution is 4.89. The number of aromatic nitrogens is 3. The van der Waals surface area contributed by atoms with Crippen LogP contribution in [0, 0.1) is 0 Å². The summed E-state index contributed by atoms with van der Waals surface area (Å²) in [5, 5.41) is 5.91. The van der Waals surface area contributed by atoms with Crippen LogP contribution in [0.3, 0.4) is 0 Å². The van der Waals surface area contributed by atoms with Crippen LogP contribution in [-0.2, 0) is 0 Å². The van der Waals surface area contributed by atoms with Crippen LogP contribution in [0.2, 0.25) is 0 Å². The summed E-state index contributed by atoms with van der Waals surface area (Å²) in [4.78, 5) is 3.66. The summed E-state index contributed by atoms with van der Waals surface area (Å²) in [7, 11) is 0. The highest BCUT2D eigenvalue weighted by Gasteiger charge is 2.28. The third-order valence-corrected chi connectivity index (χ3v) is 1.52. The van der Waals surface area contributed by atoms with Gasteiger partial charge in [-0.1, -0.05) is 0 Å². The normalized spacial score (nSPS) is 14.5. The molecule has 3 N–H and O–H groups in total. The average Bonchev–Trinajstić information content (AvgIpc) is 2.50. The molecule has 74 valence electrons. The van der Waals surface area contributed by atoms with E-state index >= 15 is 0 Å². The van der Waals surface area contributed by atoms with Crippen LogP contribution in [0.25, 0.3) is 0 Å². The maximum atomic E-state index is 11.8. The van der Waals surface area contributed by atoms with Crippen molar-refractivity contribution >= 4 is 0 Å². The van der Waals surface area contributed by atoms with Crippen LogP contribution in [0.15, 0.2) is 6.33 Å². The fraction of sp³-hybridized carbons (Fsp3) is 0.667. The predicted molar refractivity (Wildman–Crippen MR) is 38.6 cm³/mol. The Hall–Kier alpha value is -1.11. The van der Waals surface area contributed by atoms with Gasteiger partial charge in [0.1, 0.15) is 12.2 Å². The first kappa shape index (κ1) is 9.97. The molecule has 1 aromatic heterocycles. The first-order chi connectivity index (χ1) is 5.99. The molecule has 1 rings (SSSR count). The van der Waals surface area contributed by atoms with Gasteiger partial charge in [0, 0.05) is 6.42 Å². The molecular formula is C6H9F3N4. The van der Waals surface area contributed by atoms with Crippen molar-refractivity contribution in [3.63, 3.8) is 0 Å². The van der Waals surface area contributed by atoms with Crippen molar-refractivity contribution in [3.8, 4) is 0 Å². The molecule has 1 aromatic rings. The van der Waals surface area contributed by atoms with E-state index in [0.29, 0.717) is 0 Å². The maximum absolute atomic E-state index is 11.8. The van der Waals surface area contributed by atoms with E-state index in [1.54, 1.807) is 0 Å². The number of halogens is 3. The largest absolute Gasteiger partial charge is 0.389 e. The van der Waals surface area contributed by atoms with E-state index < -0.39 is 18.6 Å². The van der Waals surface area contributed by atoms with Crippen molar-refractivity contribution in [1.29, 1.82) is 0 Å². The van der Waals surface area contributed by atoms with Crippen LogP contribution < -0.4 is 5.73 Å². The molecule has 0 radical (unpaired) electrons. The Morgan fingerprint density at radius 3 is 2.69 bits per heavy atom. The second-order valence-corrected chi connectivity index (χ2v) is 2.63. The van der Waals surface area contributed by atoms with Crippen LogP contribution in [0.5, 0.6) is 0 Å². The first-order valence-electron chi connectivity index (χ1n) is 3.66. The van der Waals surface area contributed by atoms with Crippen molar-refractivity contribution in [1.82, 2.24) is 15.2 Å². The highest BCUT2D eigenvalue weighted by Crippen LogP contribution is 2.24. The highest BCUT2D eigenvalue weighted by atomic mass is 19.4. The van der Waals surface area contributed by atoms with Gasteiger partial charge in [0.15, 0.2) is 0 Å². The van der Waals surface area contributed by atoms with Crippen LogP contribution >= 0.6 is 0 Å². The molecule has 1 unspecified atom stereocenters. The molecule has 7 heteroatoms. The fourth-order valence-corrected chi connectivity index (χ4v) is 0.849. The molecule has 0 bridgehead atoms. The van der Waals surface area contributed by atoms with Gasteiger partial charge in [0.2, 0.25) is 0 Å². The number of hydrogen-bond acceptors (Lipinski definition) is 3. The van der Waals surface area contributed by atoms with Gasteiger partial charge in [0.25, 0.3) is 0 Å². The molecule has 0 amide bonds. The quantitative estimate of drug-likeness (QED) is 0.758. The van der Waals surface area contributed by atoms with Crippen molar-refractivity contribution in [2.75, 3.05) is 0 Å². The molecule has 0 spiro atoms. The number of alkyl halides is 3. The fourth-order valence-electron chi connectivity index (χ4n) is 0.849. The van der Waals surface area contributed by atoms with Gasteiger partial charge in [0.05, 0.1) is 6.04 Å². The molecule has 4 nitrogen and oxygen atoms in total. The lowest BCUT2D eigenvalue weighted by Crippen LogP contribution is -2.16. The number of rotatable bonds is 3. The van der Waals surface area contributed by atoms with Crippen LogP contribution in [-0.4, -0.2) is 21.4 Å². The van der Waals surface area contributed by atoms with E-state index in [4.69, 9.17) is 5.73 Å². The van der Waals surface area contributed by atoms with Gasteiger partial charge < -0.3 is 5.73 Å². The predicted octanol–water partition coefficient (Wildman–Crippen LogP) is 1.15. The Bertz CT molecular complexity index is 243. The lowest BCUT2D eigenvalue weighted by atomic mass is 10.1. The van der Waals surface area contributed by atoms with Crippen molar-refractivity contribution in [2.45, 2.75) is 25.1 Å².